The van der Waals surface area contributed by atoms with E-state index in [1.54, 1.807) is 11.2 Å². The standard InChI is InChI=1S/C22H33N5O2/c1-25(2)22(28)21-19-13-18(26(3)15-17-11-12-29-24-17)9-10-20(19)27(23-21)14-16-7-5-4-6-8-16/h11-12,16,18H,4-10,13-15H2,1-3H3. The van der Waals surface area contributed by atoms with E-state index in [0.717, 1.165) is 43.6 Å². The fraction of sp³-hybridized carbons (Fsp3) is 0.682. The smallest absolute Gasteiger partial charge is 0.274 e. The van der Waals surface area contributed by atoms with Crippen LogP contribution in [0.1, 0.15) is 66.0 Å². The summed E-state index contributed by atoms with van der Waals surface area (Å²) in [6.45, 7) is 1.71. The van der Waals surface area contributed by atoms with Crippen LogP contribution in [0.5, 0.6) is 0 Å². The minimum Gasteiger partial charge on any atom is -0.364 e. The average molecular weight is 400 g/mol. The molecule has 2 aromatic rings. The van der Waals surface area contributed by atoms with Gasteiger partial charge in [0.1, 0.15) is 6.26 Å². The minimum absolute atomic E-state index is 0.0171. The average Bonchev–Trinajstić information content (AvgIpc) is 3.36. The van der Waals surface area contributed by atoms with Gasteiger partial charge in [-0.3, -0.25) is 14.4 Å². The highest BCUT2D eigenvalue weighted by Gasteiger charge is 2.32. The Balaban J connectivity index is 1.56. The van der Waals surface area contributed by atoms with Gasteiger partial charge in [0.2, 0.25) is 0 Å². The summed E-state index contributed by atoms with van der Waals surface area (Å²) in [5.74, 6) is 0.714. The van der Waals surface area contributed by atoms with Crippen LogP contribution in [0.3, 0.4) is 0 Å². The lowest BCUT2D eigenvalue weighted by Gasteiger charge is -2.31. The van der Waals surface area contributed by atoms with Gasteiger partial charge < -0.3 is 9.42 Å². The maximum absolute atomic E-state index is 12.9. The van der Waals surface area contributed by atoms with Crippen LogP contribution in [0.25, 0.3) is 0 Å². The fourth-order valence-corrected chi connectivity index (χ4v) is 4.90. The molecule has 0 aliphatic heterocycles. The van der Waals surface area contributed by atoms with E-state index in [1.165, 1.54) is 37.8 Å². The van der Waals surface area contributed by atoms with E-state index in [4.69, 9.17) is 9.62 Å². The normalized spacial score (nSPS) is 20.1. The zero-order valence-corrected chi connectivity index (χ0v) is 17.9. The molecule has 2 aliphatic carbocycles. The van der Waals surface area contributed by atoms with Crippen molar-refractivity contribution in [2.75, 3.05) is 21.1 Å². The molecule has 1 unspecified atom stereocenters. The van der Waals surface area contributed by atoms with Crippen LogP contribution in [-0.2, 0) is 25.9 Å². The van der Waals surface area contributed by atoms with E-state index >= 15 is 0 Å². The van der Waals surface area contributed by atoms with Crippen molar-refractivity contribution in [1.29, 1.82) is 0 Å². The number of hydrogen-bond acceptors (Lipinski definition) is 5. The van der Waals surface area contributed by atoms with Gasteiger partial charge in [0.25, 0.3) is 5.91 Å². The summed E-state index contributed by atoms with van der Waals surface area (Å²) >= 11 is 0. The second-order valence-electron chi connectivity index (χ2n) is 8.96. The molecule has 0 spiro atoms. The largest absolute Gasteiger partial charge is 0.364 e. The molecule has 0 N–H and O–H groups in total. The predicted molar refractivity (Wildman–Crippen MR) is 111 cm³/mol. The highest BCUT2D eigenvalue weighted by molar-refractivity contribution is 5.93. The highest BCUT2D eigenvalue weighted by Crippen LogP contribution is 2.31. The van der Waals surface area contributed by atoms with Gasteiger partial charge >= 0.3 is 0 Å². The number of nitrogens with zero attached hydrogens (tertiary/aromatic N) is 5. The van der Waals surface area contributed by atoms with Crippen molar-refractivity contribution in [2.45, 2.75) is 70.5 Å². The summed E-state index contributed by atoms with van der Waals surface area (Å²) in [6, 6.07) is 2.29. The first kappa shape index (κ1) is 20.1. The molecule has 1 atom stereocenters. The zero-order valence-electron chi connectivity index (χ0n) is 17.9. The first-order valence-corrected chi connectivity index (χ1v) is 10.9. The van der Waals surface area contributed by atoms with Crippen molar-refractivity contribution in [2.24, 2.45) is 5.92 Å². The van der Waals surface area contributed by atoms with E-state index in [1.807, 2.05) is 20.2 Å². The van der Waals surface area contributed by atoms with Crippen LogP contribution in [0, 0.1) is 5.92 Å². The number of carbonyl (C=O) groups is 1. The van der Waals surface area contributed by atoms with Crippen molar-refractivity contribution in [3.8, 4) is 0 Å². The number of fused-ring (bicyclic) bond motifs is 1. The predicted octanol–water partition coefficient (Wildman–Crippen LogP) is 3.14. The Morgan fingerprint density at radius 1 is 1.21 bits per heavy atom. The molecule has 4 rings (SSSR count). The molecule has 0 saturated heterocycles. The minimum atomic E-state index is 0.0171. The maximum atomic E-state index is 12.9. The summed E-state index contributed by atoms with van der Waals surface area (Å²) in [4.78, 5) is 16.8. The van der Waals surface area contributed by atoms with E-state index < -0.39 is 0 Å². The number of rotatable bonds is 6. The molecule has 7 heteroatoms. The lowest BCUT2D eigenvalue weighted by atomic mass is 9.88. The number of amides is 1. The van der Waals surface area contributed by atoms with E-state index in [9.17, 15) is 4.79 Å². The summed E-state index contributed by atoms with van der Waals surface area (Å²) in [5, 5.41) is 8.90. The molecule has 29 heavy (non-hydrogen) atoms. The van der Waals surface area contributed by atoms with Crippen LogP contribution in [-0.4, -0.2) is 57.8 Å². The number of carbonyl (C=O) groups excluding carboxylic acids is 1. The third-order valence-electron chi connectivity index (χ3n) is 6.61. The van der Waals surface area contributed by atoms with Gasteiger partial charge in [-0.1, -0.05) is 24.4 Å². The van der Waals surface area contributed by atoms with Crippen molar-refractivity contribution < 1.29 is 9.32 Å². The maximum Gasteiger partial charge on any atom is 0.274 e. The molecule has 1 saturated carbocycles. The molecule has 2 aromatic heterocycles. The highest BCUT2D eigenvalue weighted by atomic mass is 16.5. The quantitative estimate of drug-likeness (QED) is 0.746. The van der Waals surface area contributed by atoms with E-state index in [2.05, 4.69) is 21.8 Å². The molecule has 2 heterocycles. The molecule has 0 radical (unpaired) electrons. The Hall–Kier alpha value is -2.15. The fourth-order valence-electron chi connectivity index (χ4n) is 4.90. The third-order valence-corrected chi connectivity index (χ3v) is 6.61. The van der Waals surface area contributed by atoms with Crippen LogP contribution < -0.4 is 0 Å². The van der Waals surface area contributed by atoms with Crippen LogP contribution >= 0.6 is 0 Å². The van der Waals surface area contributed by atoms with E-state index in [-0.39, 0.29) is 5.91 Å². The molecular formula is C22H33N5O2. The van der Waals surface area contributed by atoms with Crippen LogP contribution in [0.2, 0.25) is 0 Å². The molecule has 1 amide bonds. The van der Waals surface area contributed by atoms with Crippen LogP contribution in [0.4, 0.5) is 0 Å². The Morgan fingerprint density at radius 3 is 2.69 bits per heavy atom. The molecule has 0 aromatic carbocycles. The Labute approximate surface area is 173 Å². The molecule has 1 fully saturated rings. The van der Waals surface area contributed by atoms with Crippen molar-refractivity contribution in [3.05, 3.63) is 35.0 Å². The molecule has 0 bridgehead atoms. The second-order valence-corrected chi connectivity index (χ2v) is 8.96. The number of aromatic nitrogens is 3. The Bertz CT molecular complexity index is 821. The molecular weight excluding hydrogens is 366 g/mol. The zero-order chi connectivity index (χ0) is 20.4. The van der Waals surface area contributed by atoms with Gasteiger partial charge in [0.05, 0.1) is 5.69 Å². The first-order valence-electron chi connectivity index (χ1n) is 10.9. The van der Waals surface area contributed by atoms with Gasteiger partial charge in [0, 0.05) is 50.6 Å². The van der Waals surface area contributed by atoms with Crippen molar-refractivity contribution in [1.82, 2.24) is 24.7 Å². The Kier molecular flexibility index (Phi) is 6.04. The molecule has 2 aliphatic rings. The van der Waals surface area contributed by atoms with Crippen molar-refractivity contribution in [3.63, 3.8) is 0 Å². The van der Waals surface area contributed by atoms with Gasteiger partial charge in [0.15, 0.2) is 5.69 Å². The topological polar surface area (TPSA) is 67.4 Å². The summed E-state index contributed by atoms with van der Waals surface area (Å²) < 4.78 is 7.15. The lowest BCUT2D eigenvalue weighted by Crippen LogP contribution is -2.37. The van der Waals surface area contributed by atoms with E-state index in [0.29, 0.717) is 17.7 Å². The molecule has 158 valence electrons. The summed E-state index contributed by atoms with van der Waals surface area (Å²) in [7, 11) is 5.75. The monoisotopic (exact) mass is 399 g/mol. The molecule has 7 nitrogen and oxygen atoms in total. The van der Waals surface area contributed by atoms with Crippen LogP contribution in [0.15, 0.2) is 16.9 Å². The van der Waals surface area contributed by atoms with Gasteiger partial charge in [-0.05, 0) is 45.1 Å². The first-order chi connectivity index (χ1) is 14.0. The third kappa shape index (κ3) is 4.39. The van der Waals surface area contributed by atoms with Crippen molar-refractivity contribution >= 4 is 5.91 Å². The Morgan fingerprint density at radius 2 is 2.00 bits per heavy atom. The lowest BCUT2D eigenvalue weighted by molar-refractivity contribution is 0.0819. The SMILES string of the molecule is CN(C)C(=O)c1nn(CC2CCCCC2)c2c1CC(N(C)Cc1ccon1)CC2. The number of likely N-dealkylation sites (N-methyl/N-ethyl adjacent to an activating group) is 1. The van der Waals surface area contributed by atoms with Gasteiger partial charge in [-0.2, -0.15) is 5.10 Å². The summed E-state index contributed by atoms with van der Waals surface area (Å²) in [5.41, 5.74) is 4.03. The summed E-state index contributed by atoms with van der Waals surface area (Å²) in [6.07, 6.45) is 11.1. The second kappa shape index (κ2) is 8.69. The van der Waals surface area contributed by atoms with Gasteiger partial charge in [-0.25, -0.2) is 0 Å². The number of hydrogen-bond donors (Lipinski definition) is 0. The van der Waals surface area contributed by atoms with Gasteiger partial charge in [-0.15, -0.1) is 0 Å².